The summed E-state index contributed by atoms with van der Waals surface area (Å²) in [6, 6.07) is 19.1. The van der Waals surface area contributed by atoms with Crippen molar-refractivity contribution in [1.29, 1.82) is 0 Å². The van der Waals surface area contributed by atoms with Crippen molar-refractivity contribution in [3.63, 3.8) is 0 Å². The fourth-order valence-corrected chi connectivity index (χ4v) is 4.98. The fourth-order valence-electron chi connectivity index (χ4n) is 4.98. The molecule has 0 radical (unpaired) electrons. The Morgan fingerprint density at radius 1 is 1.00 bits per heavy atom. The maximum atomic E-state index is 11.0. The Balaban J connectivity index is 1.14. The minimum atomic E-state index is -0.868. The molecule has 2 saturated carbocycles. The molecule has 4 heteroatoms. The topological polar surface area (TPSA) is 61.4 Å². The van der Waals surface area contributed by atoms with Crippen LogP contribution in [0.5, 0.6) is 0 Å². The zero-order chi connectivity index (χ0) is 22.3. The third-order valence-electron chi connectivity index (χ3n) is 7.14. The minimum Gasteiger partial charge on any atom is -0.478 e. The monoisotopic (exact) mass is 432 g/mol. The van der Waals surface area contributed by atoms with Crippen molar-refractivity contribution in [3.05, 3.63) is 76.9 Å². The summed E-state index contributed by atoms with van der Waals surface area (Å²) in [7, 11) is 0. The minimum absolute atomic E-state index is 0.348. The fraction of sp³-hybridized carbons (Fsp3) is 0.464. The van der Waals surface area contributed by atoms with Gasteiger partial charge in [-0.25, -0.2) is 4.79 Å². The van der Waals surface area contributed by atoms with Crippen LogP contribution in [0.25, 0.3) is 6.08 Å². The van der Waals surface area contributed by atoms with Gasteiger partial charge in [-0.3, -0.25) is 0 Å². The van der Waals surface area contributed by atoms with Crippen molar-refractivity contribution in [1.82, 2.24) is 10.6 Å². The molecule has 2 aliphatic carbocycles. The molecule has 0 amide bonds. The van der Waals surface area contributed by atoms with Gasteiger partial charge in [0.05, 0.1) is 5.56 Å². The van der Waals surface area contributed by atoms with E-state index in [1.807, 2.05) is 12.1 Å². The molecule has 3 N–H and O–H groups in total. The molecule has 0 aliphatic heterocycles. The van der Waals surface area contributed by atoms with Crippen molar-refractivity contribution in [3.8, 4) is 0 Å². The SMILES string of the molecule is CC/C(=C\c1ccccc1)[C@@H]1C[C@H]1NCC1CCC(NCc2ccc(C(=O)O)cc2)CC1. The summed E-state index contributed by atoms with van der Waals surface area (Å²) in [6.07, 6.45) is 9.81. The molecule has 32 heavy (non-hydrogen) atoms. The molecular weight excluding hydrogens is 396 g/mol. The number of carbonyl (C=O) groups is 1. The average Bonchev–Trinajstić information content (AvgIpc) is 3.61. The van der Waals surface area contributed by atoms with Crippen LogP contribution in [-0.2, 0) is 6.54 Å². The predicted molar refractivity (Wildman–Crippen MR) is 131 cm³/mol. The predicted octanol–water partition coefficient (Wildman–Crippen LogP) is 5.50. The number of aromatic carboxylic acids is 1. The van der Waals surface area contributed by atoms with E-state index in [9.17, 15) is 4.79 Å². The zero-order valence-corrected chi connectivity index (χ0v) is 19.1. The first-order chi connectivity index (χ1) is 15.6. The summed E-state index contributed by atoms with van der Waals surface area (Å²) in [6.45, 7) is 4.23. The highest BCUT2D eigenvalue weighted by Crippen LogP contribution is 2.40. The maximum absolute atomic E-state index is 11.0. The van der Waals surface area contributed by atoms with E-state index in [1.54, 1.807) is 17.7 Å². The Labute approximate surface area is 192 Å². The number of carboxylic acid groups (broad SMARTS) is 1. The molecule has 2 aromatic carbocycles. The molecule has 2 atom stereocenters. The van der Waals surface area contributed by atoms with Gasteiger partial charge in [0.15, 0.2) is 0 Å². The molecule has 0 heterocycles. The first kappa shape index (κ1) is 22.8. The lowest BCUT2D eigenvalue weighted by molar-refractivity contribution is 0.0697. The quantitative estimate of drug-likeness (QED) is 0.464. The highest BCUT2D eigenvalue weighted by atomic mass is 16.4. The van der Waals surface area contributed by atoms with E-state index in [0.717, 1.165) is 31.0 Å². The van der Waals surface area contributed by atoms with Gasteiger partial charge in [0, 0.05) is 18.6 Å². The molecule has 0 aromatic heterocycles. The van der Waals surface area contributed by atoms with Crippen LogP contribution in [0.1, 0.15) is 66.9 Å². The van der Waals surface area contributed by atoms with Gasteiger partial charge in [-0.1, -0.05) is 61.0 Å². The van der Waals surface area contributed by atoms with Crippen molar-refractivity contribution in [2.24, 2.45) is 11.8 Å². The van der Waals surface area contributed by atoms with Crippen LogP contribution >= 0.6 is 0 Å². The van der Waals surface area contributed by atoms with Crippen LogP contribution in [0, 0.1) is 11.8 Å². The smallest absolute Gasteiger partial charge is 0.335 e. The first-order valence-corrected chi connectivity index (χ1v) is 12.2. The molecule has 0 spiro atoms. The molecule has 2 aliphatic rings. The second kappa shape index (κ2) is 10.9. The lowest BCUT2D eigenvalue weighted by atomic mass is 9.86. The third kappa shape index (κ3) is 6.30. The summed E-state index contributed by atoms with van der Waals surface area (Å²) in [5, 5.41) is 16.5. The van der Waals surface area contributed by atoms with Gasteiger partial charge < -0.3 is 15.7 Å². The van der Waals surface area contributed by atoms with Crippen LogP contribution < -0.4 is 10.6 Å². The lowest BCUT2D eigenvalue weighted by Crippen LogP contribution is -2.36. The highest BCUT2D eigenvalue weighted by molar-refractivity contribution is 5.87. The highest BCUT2D eigenvalue weighted by Gasteiger charge is 2.39. The van der Waals surface area contributed by atoms with Crippen LogP contribution in [0.15, 0.2) is 60.2 Å². The molecule has 0 saturated heterocycles. The van der Waals surface area contributed by atoms with Crippen molar-refractivity contribution >= 4 is 12.0 Å². The Bertz CT molecular complexity index is 899. The number of carboxylic acids is 1. The molecule has 4 nitrogen and oxygen atoms in total. The van der Waals surface area contributed by atoms with Gasteiger partial charge in [-0.15, -0.1) is 0 Å². The van der Waals surface area contributed by atoms with E-state index in [1.165, 1.54) is 37.7 Å². The Morgan fingerprint density at radius 3 is 2.38 bits per heavy atom. The maximum Gasteiger partial charge on any atom is 0.335 e. The van der Waals surface area contributed by atoms with E-state index in [2.05, 4.69) is 54.0 Å². The summed E-state index contributed by atoms with van der Waals surface area (Å²) < 4.78 is 0. The van der Waals surface area contributed by atoms with E-state index >= 15 is 0 Å². The summed E-state index contributed by atoms with van der Waals surface area (Å²) in [5.41, 5.74) is 4.40. The summed E-state index contributed by atoms with van der Waals surface area (Å²) in [4.78, 5) is 11.0. The van der Waals surface area contributed by atoms with Crippen LogP contribution in [0.2, 0.25) is 0 Å². The Hall–Kier alpha value is -2.43. The number of hydrogen-bond donors (Lipinski definition) is 3. The molecule has 4 rings (SSSR count). The van der Waals surface area contributed by atoms with Gasteiger partial charge in [-0.05, 0) is 80.2 Å². The van der Waals surface area contributed by atoms with Gasteiger partial charge in [0.25, 0.3) is 0 Å². The molecule has 170 valence electrons. The third-order valence-corrected chi connectivity index (χ3v) is 7.14. The molecule has 0 unspecified atom stereocenters. The van der Waals surface area contributed by atoms with E-state index in [4.69, 9.17) is 5.11 Å². The summed E-state index contributed by atoms with van der Waals surface area (Å²) in [5.74, 6) is 0.630. The normalized spacial score (nSPS) is 25.5. The standard InChI is InChI=1S/C28H36N2O2/c1-2-23(16-20-6-4-3-5-7-20)26-17-27(26)30-19-22-10-14-25(15-11-22)29-18-21-8-12-24(13-9-21)28(31)32/h3-9,12-13,16,22,25-27,29-30H,2,10-11,14-15,17-19H2,1H3,(H,31,32)/b23-16+/t22?,25?,26-,27+/m0/s1. The molecular formula is C28H36N2O2. The average molecular weight is 433 g/mol. The Morgan fingerprint density at radius 2 is 1.72 bits per heavy atom. The lowest BCUT2D eigenvalue weighted by Gasteiger charge is -2.29. The van der Waals surface area contributed by atoms with Gasteiger partial charge in [0.1, 0.15) is 0 Å². The van der Waals surface area contributed by atoms with Crippen molar-refractivity contribution in [2.75, 3.05) is 6.54 Å². The molecule has 2 aromatic rings. The van der Waals surface area contributed by atoms with E-state index < -0.39 is 5.97 Å². The summed E-state index contributed by atoms with van der Waals surface area (Å²) >= 11 is 0. The molecule has 0 bridgehead atoms. The molecule has 2 fully saturated rings. The second-order valence-corrected chi connectivity index (χ2v) is 9.44. The van der Waals surface area contributed by atoms with Gasteiger partial charge in [0.2, 0.25) is 0 Å². The van der Waals surface area contributed by atoms with Gasteiger partial charge in [-0.2, -0.15) is 0 Å². The zero-order valence-electron chi connectivity index (χ0n) is 19.1. The number of benzene rings is 2. The first-order valence-electron chi connectivity index (χ1n) is 12.2. The number of rotatable bonds is 10. The second-order valence-electron chi connectivity index (χ2n) is 9.44. The van der Waals surface area contributed by atoms with E-state index in [0.29, 0.717) is 23.6 Å². The Kier molecular flexibility index (Phi) is 7.77. The van der Waals surface area contributed by atoms with Crippen LogP contribution in [0.4, 0.5) is 0 Å². The number of hydrogen-bond acceptors (Lipinski definition) is 3. The largest absolute Gasteiger partial charge is 0.478 e. The van der Waals surface area contributed by atoms with Crippen LogP contribution in [0.3, 0.4) is 0 Å². The van der Waals surface area contributed by atoms with Gasteiger partial charge >= 0.3 is 5.97 Å². The number of nitrogens with one attached hydrogen (secondary N) is 2. The van der Waals surface area contributed by atoms with E-state index in [-0.39, 0.29) is 0 Å². The van der Waals surface area contributed by atoms with Crippen molar-refractivity contribution in [2.45, 2.75) is 64.1 Å². The van der Waals surface area contributed by atoms with Crippen molar-refractivity contribution < 1.29 is 9.90 Å². The van der Waals surface area contributed by atoms with Crippen LogP contribution in [-0.4, -0.2) is 29.7 Å².